The Morgan fingerprint density at radius 3 is 2.28 bits per heavy atom. The van der Waals surface area contributed by atoms with Crippen LogP contribution in [0.1, 0.15) is 78.1 Å². The van der Waals surface area contributed by atoms with Crippen molar-refractivity contribution in [3.05, 3.63) is 0 Å². The summed E-state index contributed by atoms with van der Waals surface area (Å²) in [6.07, 6.45) is 14.7. The minimum atomic E-state index is 0.834. The molecule has 18 heavy (non-hydrogen) atoms. The maximum atomic E-state index is 3.88. The van der Waals surface area contributed by atoms with E-state index in [9.17, 15) is 0 Å². The van der Waals surface area contributed by atoms with Crippen molar-refractivity contribution in [3.63, 3.8) is 0 Å². The summed E-state index contributed by atoms with van der Waals surface area (Å²) < 4.78 is 0. The fraction of sp³-hybridized carbons (Fsp3) is 1.00. The van der Waals surface area contributed by atoms with Gasteiger partial charge in [0.05, 0.1) is 0 Å². The lowest BCUT2D eigenvalue weighted by Gasteiger charge is -2.34. The fourth-order valence-electron chi connectivity index (χ4n) is 4.07. The van der Waals surface area contributed by atoms with Gasteiger partial charge in [-0.1, -0.05) is 52.4 Å². The Morgan fingerprint density at radius 2 is 1.67 bits per heavy atom. The molecule has 1 heteroatoms. The molecule has 0 heterocycles. The molecule has 0 amide bonds. The number of hydrogen-bond donors (Lipinski definition) is 1. The molecule has 1 N–H and O–H groups in total. The monoisotopic (exact) mass is 251 g/mol. The van der Waals surface area contributed by atoms with E-state index in [1.54, 1.807) is 0 Å². The van der Waals surface area contributed by atoms with Gasteiger partial charge in [-0.25, -0.2) is 0 Å². The molecule has 2 aliphatic rings. The van der Waals surface area contributed by atoms with E-state index < -0.39 is 0 Å². The van der Waals surface area contributed by atoms with Crippen LogP contribution >= 0.6 is 0 Å². The Morgan fingerprint density at radius 1 is 1.00 bits per heavy atom. The first-order valence-electron chi connectivity index (χ1n) is 8.53. The molecule has 0 aromatic rings. The molecule has 0 aliphatic heterocycles. The van der Waals surface area contributed by atoms with Crippen LogP contribution < -0.4 is 5.32 Å². The predicted octanol–water partition coefficient (Wildman–Crippen LogP) is 4.76. The summed E-state index contributed by atoms with van der Waals surface area (Å²) in [5.74, 6) is 3.01. The van der Waals surface area contributed by atoms with Gasteiger partial charge in [-0.15, -0.1) is 0 Å². The second kappa shape index (κ2) is 7.53. The minimum absolute atomic E-state index is 0.834. The van der Waals surface area contributed by atoms with Crippen LogP contribution in [-0.4, -0.2) is 12.6 Å². The molecule has 0 radical (unpaired) electrons. The van der Waals surface area contributed by atoms with Crippen molar-refractivity contribution in [1.82, 2.24) is 5.32 Å². The van der Waals surface area contributed by atoms with Crippen LogP contribution in [0.4, 0.5) is 0 Å². The van der Waals surface area contributed by atoms with Gasteiger partial charge in [0.2, 0.25) is 0 Å². The molecule has 2 fully saturated rings. The van der Waals surface area contributed by atoms with Gasteiger partial charge in [0.1, 0.15) is 0 Å². The van der Waals surface area contributed by atoms with Gasteiger partial charge in [-0.3, -0.25) is 0 Å². The summed E-state index contributed by atoms with van der Waals surface area (Å²) in [6.45, 7) is 5.95. The average molecular weight is 251 g/mol. The SMILES string of the molecule is CCCNC(CC1CCCC1)C1CCC(C)CC1. The van der Waals surface area contributed by atoms with Gasteiger partial charge in [-0.05, 0) is 50.0 Å². The third kappa shape index (κ3) is 4.26. The number of rotatable bonds is 6. The Hall–Kier alpha value is -0.0400. The molecule has 1 atom stereocenters. The van der Waals surface area contributed by atoms with Crippen molar-refractivity contribution in [2.75, 3.05) is 6.54 Å². The second-order valence-corrected chi connectivity index (χ2v) is 6.97. The van der Waals surface area contributed by atoms with Crippen LogP contribution in [0.2, 0.25) is 0 Å². The van der Waals surface area contributed by atoms with Gasteiger partial charge in [0.15, 0.2) is 0 Å². The Kier molecular flexibility index (Phi) is 6.01. The number of nitrogens with one attached hydrogen (secondary N) is 1. The van der Waals surface area contributed by atoms with Crippen LogP contribution in [0.15, 0.2) is 0 Å². The van der Waals surface area contributed by atoms with Crippen molar-refractivity contribution in [2.24, 2.45) is 17.8 Å². The largest absolute Gasteiger partial charge is 0.314 e. The molecular formula is C17H33N. The third-order valence-corrected chi connectivity index (χ3v) is 5.35. The second-order valence-electron chi connectivity index (χ2n) is 6.97. The van der Waals surface area contributed by atoms with Gasteiger partial charge in [-0.2, -0.15) is 0 Å². The zero-order chi connectivity index (χ0) is 12.8. The molecule has 0 spiro atoms. The van der Waals surface area contributed by atoms with Crippen LogP contribution in [0.3, 0.4) is 0 Å². The molecule has 106 valence electrons. The van der Waals surface area contributed by atoms with E-state index in [0.717, 1.165) is 23.8 Å². The quantitative estimate of drug-likeness (QED) is 0.717. The van der Waals surface area contributed by atoms with Crippen molar-refractivity contribution in [3.8, 4) is 0 Å². The Labute approximate surface area is 114 Å². The zero-order valence-corrected chi connectivity index (χ0v) is 12.6. The van der Waals surface area contributed by atoms with Crippen molar-refractivity contribution >= 4 is 0 Å². The maximum Gasteiger partial charge on any atom is 0.00979 e. The summed E-state index contributed by atoms with van der Waals surface area (Å²) in [5, 5.41) is 3.88. The lowest BCUT2D eigenvalue weighted by Crippen LogP contribution is -2.39. The zero-order valence-electron chi connectivity index (χ0n) is 12.6. The van der Waals surface area contributed by atoms with E-state index in [1.807, 2.05) is 0 Å². The van der Waals surface area contributed by atoms with Gasteiger partial charge < -0.3 is 5.32 Å². The minimum Gasteiger partial charge on any atom is -0.314 e. The molecule has 0 saturated heterocycles. The molecule has 2 aliphatic carbocycles. The van der Waals surface area contributed by atoms with E-state index in [-0.39, 0.29) is 0 Å². The summed E-state index contributed by atoms with van der Waals surface area (Å²) in [4.78, 5) is 0. The highest BCUT2D eigenvalue weighted by atomic mass is 14.9. The molecule has 0 bridgehead atoms. The van der Waals surface area contributed by atoms with Crippen LogP contribution in [0.5, 0.6) is 0 Å². The first-order valence-corrected chi connectivity index (χ1v) is 8.53. The summed E-state index contributed by atoms with van der Waals surface area (Å²) in [7, 11) is 0. The first kappa shape index (κ1) is 14.4. The topological polar surface area (TPSA) is 12.0 Å². The van der Waals surface area contributed by atoms with Crippen LogP contribution in [-0.2, 0) is 0 Å². The highest BCUT2D eigenvalue weighted by Crippen LogP contribution is 2.35. The number of hydrogen-bond acceptors (Lipinski definition) is 1. The van der Waals surface area contributed by atoms with Crippen molar-refractivity contribution < 1.29 is 0 Å². The van der Waals surface area contributed by atoms with E-state index in [2.05, 4.69) is 19.2 Å². The van der Waals surface area contributed by atoms with E-state index in [1.165, 1.54) is 70.8 Å². The molecular weight excluding hydrogens is 218 g/mol. The molecule has 0 aromatic heterocycles. The Balaban J connectivity index is 1.82. The third-order valence-electron chi connectivity index (χ3n) is 5.35. The standard InChI is InChI=1S/C17H33N/c1-3-12-18-17(13-15-6-4-5-7-15)16-10-8-14(2)9-11-16/h14-18H,3-13H2,1-2H3. The van der Waals surface area contributed by atoms with E-state index in [4.69, 9.17) is 0 Å². The molecule has 2 saturated carbocycles. The fourth-order valence-corrected chi connectivity index (χ4v) is 4.07. The normalized spacial score (nSPS) is 31.7. The summed E-state index contributed by atoms with van der Waals surface area (Å²) in [6, 6.07) is 0.834. The van der Waals surface area contributed by atoms with E-state index in [0.29, 0.717) is 0 Å². The van der Waals surface area contributed by atoms with Gasteiger partial charge >= 0.3 is 0 Å². The van der Waals surface area contributed by atoms with Crippen molar-refractivity contribution in [1.29, 1.82) is 0 Å². The van der Waals surface area contributed by atoms with E-state index >= 15 is 0 Å². The van der Waals surface area contributed by atoms with Gasteiger partial charge in [0, 0.05) is 6.04 Å². The summed E-state index contributed by atoms with van der Waals surface area (Å²) in [5.41, 5.74) is 0. The van der Waals surface area contributed by atoms with Crippen molar-refractivity contribution in [2.45, 2.75) is 84.1 Å². The molecule has 1 nitrogen and oxygen atoms in total. The molecule has 1 unspecified atom stereocenters. The average Bonchev–Trinajstić information content (AvgIpc) is 2.88. The lowest BCUT2D eigenvalue weighted by atomic mass is 9.76. The summed E-state index contributed by atoms with van der Waals surface area (Å²) >= 11 is 0. The maximum absolute atomic E-state index is 3.88. The first-order chi connectivity index (χ1) is 8.79. The highest BCUT2D eigenvalue weighted by molar-refractivity contribution is 4.84. The van der Waals surface area contributed by atoms with Gasteiger partial charge in [0.25, 0.3) is 0 Å². The van der Waals surface area contributed by atoms with Crippen LogP contribution in [0, 0.1) is 17.8 Å². The molecule has 0 aromatic carbocycles. The lowest BCUT2D eigenvalue weighted by molar-refractivity contribution is 0.206. The smallest absolute Gasteiger partial charge is 0.00979 e. The predicted molar refractivity (Wildman–Crippen MR) is 79.8 cm³/mol. The highest BCUT2D eigenvalue weighted by Gasteiger charge is 2.28. The Bertz CT molecular complexity index is 212. The molecule has 2 rings (SSSR count). The van der Waals surface area contributed by atoms with Crippen LogP contribution in [0.25, 0.3) is 0 Å².